The van der Waals surface area contributed by atoms with E-state index in [0.29, 0.717) is 26.5 Å². The Hall–Kier alpha value is -1.30. The molecule has 0 aromatic heterocycles. The molecule has 0 fully saturated rings. The second-order valence-electron chi connectivity index (χ2n) is 30.6. The first-order chi connectivity index (χ1) is 44.7. The van der Waals surface area contributed by atoms with Crippen LogP contribution in [0.2, 0.25) is 0 Å². The number of nitrogens with zero attached hydrogens (tertiary/aromatic N) is 3. The average molecular weight is 1280 g/mol. The third-order valence-electron chi connectivity index (χ3n) is 21.8. The SMILES string of the molecule is C=CC[N+](C)(CC=C)C(C(=O)[N+](CCCCCCCCCCCC)(CCCCCCCCCCCC)CCCCCCCCCCCCCC)C(=O)[N+](CCCCCCCCCCCC)(CCCCCCCCCCCC)CCCCCCCCCCCCCC. The van der Waals surface area contributed by atoms with E-state index in [1.165, 1.54) is 372 Å². The lowest BCUT2D eigenvalue weighted by atomic mass is 9.98. The number of unbranched alkanes of at least 4 members (excludes halogenated alkanes) is 58. The van der Waals surface area contributed by atoms with Gasteiger partial charge >= 0.3 is 17.9 Å². The van der Waals surface area contributed by atoms with Gasteiger partial charge in [-0.15, -0.1) is 0 Å². The van der Waals surface area contributed by atoms with Gasteiger partial charge in [0.1, 0.15) is 0 Å². The van der Waals surface area contributed by atoms with E-state index in [0.717, 1.165) is 77.8 Å². The predicted molar refractivity (Wildman–Crippen MR) is 409 cm³/mol. The zero-order chi connectivity index (χ0) is 66.6. The van der Waals surface area contributed by atoms with Gasteiger partial charge in [0, 0.05) is 0 Å². The lowest BCUT2D eigenvalue weighted by Gasteiger charge is -2.46. The van der Waals surface area contributed by atoms with Crippen LogP contribution in [0.4, 0.5) is 0 Å². The minimum absolute atomic E-state index is 0.287. The highest BCUT2D eigenvalue weighted by atomic mass is 16.2. The van der Waals surface area contributed by atoms with E-state index in [1.807, 2.05) is 12.2 Å². The van der Waals surface area contributed by atoms with Gasteiger partial charge in [-0.05, 0) is 89.2 Å². The molecule has 0 aromatic rings. The van der Waals surface area contributed by atoms with Gasteiger partial charge in [0.25, 0.3) is 0 Å². The summed E-state index contributed by atoms with van der Waals surface area (Å²) in [4.78, 5) is 34.6. The number of rotatable bonds is 77. The summed E-state index contributed by atoms with van der Waals surface area (Å²) in [6, 6.07) is -0.733. The molecule has 0 aromatic carbocycles. The fourth-order valence-electron chi connectivity index (χ4n) is 15.5. The number of hydrogen-bond donors (Lipinski definition) is 0. The number of likely N-dealkylation sites (N-methyl/N-ethyl adjacent to an activating group) is 1. The highest BCUT2D eigenvalue weighted by molar-refractivity contribution is 5.97. The van der Waals surface area contributed by atoms with Crippen molar-refractivity contribution in [1.29, 1.82) is 0 Å². The van der Waals surface area contributed by atoms with E-state index in [9.17, 15) is 0 Å². The van der Waals surface area contributed by atoms with Gasteiger partial charge in [-0.25, -0.2) is 9.59 Å². The third kappa shape index (κ3) is 50.7. The number of amides is 2. The van der Waals surface area contributed by atoms with Gasteiger partial charge in [-0.2, -0.15) is 0 Å². The van der Waals surface area contributed by atoms with Crippen molar-refractivity contribution in [3.05, 3.63) is 25.3 Å². The number of carbonyl (C=O) groups is 2. The van der Waals surface area contributed by atoms with Gasteiger partial charge < -0.3 is 0 Å². The average Bonchev–Trinajstić information content (AvgIpc) is 0.843. The molecule has 5 nitrogen and oxygen atoms in total. The van der Waals surface area contributed by atoms with Gasteiger partial charge in [0.15, 0.2) is 0 Å². The summed E-state index contributed by atoms with van der Waals surface area (Å²) in [6.45, 7) is 29.4. The Morgan fingerprint density at radius 1 is 0.231 bits per heavy atom. The van der Waals surface area contributed by atoms with Gasteiger partial charge in [0.2, 0.25) is 0 Å². The quantitative estimate of drug-likeness (QED) is 0.0263. The van der Waals surface area contributed by atoms with E-state index < -0.39 is 6.04 Å². The fraction of sp³-hybridized carbons (Fsp3) is 0.930. The topological polar surface area (TPSA) is 34.1 Å². The van der Waals surface area contributed by atoms with E-state index in [2.05, 4.69) is 61.7 Å². The zero-order valence-corrected chi connectivity index (χ0v) is 64.2. The minimum atomic E-state index is -0.733. The third-order valence-corrected chi connectivity index (χ3v) is 21.8. The second-order valence-corrected chi connectivity index (χ2v) is 30.6. The summed E-state index contributed by atoms with van der Waals surface area (Å²) in [5, 5.41) is 0. The number of quaternary nitrogens is 3. The summed E-state index contributed by atoms with van der Waals surface area (Å²) >= 11 is 0. The lowest BCUT2D eigenvalue weighted by Crippen LogP contribution is -2.73. The van der Waals surface area contributed by atoms with Gasteiger partial charge in [0.05, 0.1) is 59.4 Å². The highest BCUT2D eigenvalue weighted by Crippen LogP contribution is 2.31. The molecular formula is C86H172N3O2+3. The van der Waals surface area contributed by atoms with E-state index >= 15 is 9.59 Å². The van der Waals surface area contributed by atoms with Crippen LogP contribution in [0, 0.1) is 0 Å². The van der Waals surface area contributed by atoms with Crippen LogP contribution >= 0.6 is 0 Å². The molecule has 0 heterocycles. The summed E-state index contributed by atoms with van der Waals surface area (Å²) in [7, 11) is 2.28. The standard InChI is InChI=1S/C86H172N3O2/c1-10-18-24-30-36-42-48-50-56-62-68-74-82-88(78-70-64-58-52-44-38-32-26-20-12-3,79-71-65-59-53-45-39-33-27-21-13-4)85(90)84(87(9,76-16-7)77-17-8)86(91)89(80-72-66-60-54-46-40-34-28-22-14-5,81-73-67-61-55-47-41-35-29-23-15-6)83-75-69-63-57-51-49-43-37-31-25-19-11-2/h16-17,84H,7-8,10-15,18-83H2,1-6,9H3/q+3. The Kier molecular flexibility index (Phi) is 67.7. The molecule has 0 spiro atoms. The van der Waals surface area contributed by atoms with Crippen molar-refractivity contribution in [2.24, 2.45) is 0 Å². The van der Waals surface area contributed by atoms with Crippen molar-refractivity contribution in [3.63, 3.8) is 0 Å². The molecule has 0 aliphatic rings. The van der Waals surface area contributed by atoms with Crippen LogP contribution in [0.1, 0.15) is 452 Å². The normalized spacial score (nSPS) is 12.3. The van der Waals surface area contributed by atoms with Crippen LogP contribution < -0.4 is 0 Å². The van der Waals surface area contributed by atoms with Crippen molar-refractivity contribution < 1.29 is 23.0 Å². The molecule has 2 amide bonds. The van der Waals surface area contributed by atoms with Crippen LogP contribution in [-0.2, 0) is 9.59 Å². The molecule has 5 heteroatoms. The van der Waals surface area contributed by atoms with Crippen molar-refractivity contribution >= 4 is 11.8 Å². The van der Waals surface area contributed by atoms with Gasteiger partial charge in [-0.3, -0.25) is 13.4 Å². The molecule has 0 N–H and O–H groups in total. The molecule has 0 aliphatic carbocycles. The predicted octanol–water partition coefficient (Wildman–Crippen LogP) is 27.9. The van der Waals surface area contributed by atoms with E-state index in [4.69, 9.17) is 0 Å². The molecule has 0 bridgehead atoms. The minimum Gasteiger partial charge on any atom is -0.294 e. The monoisotopic (exact) mass is 1280 g/mol. The first-order valence-electron chi connectivity index (χ1n) is 42.5. The second kappa shape index (κ2) is 68.6. The molecule has 0 aliphatic heterocycles. The molecule has 91 heavy (non-hydrogen) atoms. The maximum absolute atomic E-state index is 17.3. The van der Waals surface area contributed by atoms with Crippen LogP contribution in [0.15, 0.2) is 25.3 Å². The summed E-state index contributed by atoms with van der Waals surface area (Å²) in [5.74, 6) is 0.573. The number of hydrogen-bond acceptors (Lipinski definition) is 2. The summed E-state index contributed by atoms with van der Waals surface area (Å²) < 4.78 is 1.41. The molecule has 0 unspecified atom stereocenters. The molecular weight excluding hydrogens is 1110 g/mol. The molecule has 0 atom stereocenters. The van der Waals surface area contributed by atoms with Crippen molar-refractivity contribution in [2.75, 3.05) is 59.4 Å². The first kappa shape index (κ1) is 89.7. The lowest BCUT2D eigenvalue weighted by molar-refractivity contribution is -0.944. The molecule has 0 saturated heterocycles. The summed E-state index contributed by atoms with van der Waals surface area (Å²) in [6.07, 6.45) is 87.7. The van der Waals surface area contributed by atoms with Crippen LogP contribution in [0.25, 0.3) is 0 Å². The van der Waals surface area contributed by atoms with E-state index in [-0.39, 0.29) is 11.8 Å². The smallest absolute Gasteiger partial charge is 0.294 e. The maximum Gasteiger partial charge on any atom is 0.386 e. The first-order valence-corrected chi connectivity index (χ1v) is 42.5. The number of carbonyl (C=O) groups excluding carboxylic acids is 2. The highest BCUT2D eigenvalue weighted by Gasteiger charge is 2.59. The molecule has 0 saturated carbocycles. The van der Waals surface area contributed by atoms with Crippen LogP contribution in [0.3, 0.4) is 0 Å². The maximum atomic E-state index is 17.3. The Bertz CT molecular complexity index is 1370. The zero-order valence-electron chi connectivity index (χ0n) is 64.2. The molecule has 0 rings (SSSR count). The van der Waals surface area contributed by atoms with Crippen molar-refractivity contribution in [3.8, 4) is 0 Å². The van der Waals surface area contributed by atoms with Crippen LogP contribution in [0.5, 0.6) is 0 Å². The molecule has 0 radical (unpaired) electrons. The Morgan fingerprint density at radius 3 is 0.473 bits per heavy atom. The summed E-state index contributed by atoms with van der Waals surface area (Å²) in [5.41, 5.74) is 0. The fourth-order valence-corrected chi connectivity index (χ4v) is 15.5. The van der Waals surface area contributed by atoms with Crippen molar-refractivity contribution in [1.82, 2.24) is 0 Å². The van der Waals surface area contributed by atoms with Crippen LogP contribution in [-0.4, -0.2) is 90.7 Å². The van der Waals surface area contributed by atoms with Gasteiger partial charge in [-0.1, -0.05) is 389 Å². The Morgan fingerprint density at radius 2 is 0.352 bits per heavy atom. The molecule has 540 valence electrons. The Balaban J connectivity index is 7.69. The van der Waals surface area contributed by atoms with Crippen molar-refractivity contribution in [2.45, 2.75) is 459 Å². The Labute approximate surface area is 575 Å². The largest absolute Gasteiger partial charge is 0.386 e. The van der Waals surface area contributed by atoms with E-state index in [1.54, 1.807) is 0 Å².